The second-order valence-corrected chi connectivity index (χ2v) is 7.79. The molecule has 3 aliphatic rings. The van der Waals surface area contributed by atoms with Crippen LogP contribution in [-0.4, -0.2) is 53.5 Å². The molecule has 3 fully saturated rings. The standard InChI is InChI=1S/C19H29N5O/c25-18(24-8-1-9-24)10-14-12-22-19(23-13-14)21-7-4-16-11-17(16)15-2-5-20-6-3-15/h12-13,15-17,20H,1-11H2,(H,21,22,23)/t16-,17-/m1/s1. The normalized spacial score (nSPS) is 26.2. The number of amides is 1. The molecule has 0 unspecified atom stereocenters. The number of rotatable bonds is 7. The smallest absolute Gasteiger partial charge is 0.227 e. The highest BCUT2D eigenvalue weighted by Crippen LogP contribution is 2.49. The quantitative estimate of drug-likeness (QED) is 0.788. The molecule has 4 rings (SSSR count). The number of anilines is 1. The molecule has 2 N–H and O–H groups in total. The molecule has 1 aliphatic carbocycles. The molecule has 0 spiro atoms. The maximum absolute atomic E-state index is 11.9. The molecule has 0 bridgehead atoms. The predicted molar refractivity (Wildman–Crippen MR) is 97.2 cm³/mol. The van der Waals surface area contributed by atoms with Crippen LogP contribution in [0.15, 0.2) is 12.4 Å². The number of carbonyl (C=O) groups excluding carboxylic acids is 1. The first kappa shape index (κ1) is 16.8. The van der Waals surface area contributed by atoms with Crippen molar-refractivity contribution in [3.63, 3.8) is 0 Å². The van der Waals surface area contributed by atoms with Crippen LogP contribution in [-0.2, 0) is 11.2 Å². The van der Waals surface area contributed by atoms with Crippen LogP contribution < -0.4 is 10.6 Å². The Kier molecular flexibility index (Phi) is 5.15. The van der Waals surface area contributed by atoms with E-state index in [0.29, 0.717) is 12.4 Å². The summed E-state index contributed by atoms with van der Waals surface area (Å²) in [5, 5.41) is 6.79. The maximum atomic E-state index is 11.9. The average molecular weight is 343 g/mol. The van der Waals surface area contributed by atoms with Gasteiger partial charge >= 0.3 is 0 Å². The van der Waals surface area contributed by atoms with Gasteiger partial charge in [-0.15, -0.1) is 0 Å². The van der Waals surface area contributed by atoms with Crippen molar-refractivity contribution in [2.24, 2.45) is 17.8 Å². The summed E-state index contributed by atoms with van der Waals surface area (Å²) in [6.45, 7) is 5.15. The Labute approximate surface area is 149 Å². The van der Waals surface area contributed by atoms with Gasteiger partial charge in [-0.2, -0.15) is 0 Å². The summed E-state index contributed by atoms with van der Waals surface area (Å²) in [5.74, 6) is 3.67. The van der Waals surface area contributed by atoms with Gasteiger partial charge in [-0.3, -0.25) is 4.79 Å². The molecule has 1 saturated carbocycles. The fraction of sp³-hybridized carbons (Fsp3) is 0.737. The molecule has 1 aromatic heterocycles. The molecule has 6 heteroatoms. The summed E-state index contributed by atoms with van der Waals surface area (Å²) in [7, 11) is 0. The third-order valence-corrected chi connectivity index (χ3v) is 6.03. The van der Waals surface area contributed by atoms with Gasteiger partial charge in [-0.1, -0.05) is 0 Å². The monoisotopic (exact) mass is 343 g/mol. The van der Waals surface area contributed by atoms with Gasteiger partial charge in [0.25, 0.3) is 0 Å². The fourth-order valence-corrected chi connectivity index (χ4v) is 4.21. The van der Waals surface area contributed by atoms with Crippen molar-refractivity contribution in [1.29, 1.82) is 0 Å². The van der Waals surface area contributed by atoms with E-state index < -0.39 is 0 Å². The largest absolute Gasteiger partial charge is 0.354 e. The van der Waals surface area contributed by atoms with Gasteiger partial charge in [0.15, 0.2) is 0 Å². The minimum Gasteiger partial charge on any atom is -0.354 e. The van der Waals surface area contributed by atoms with E-state index in [4.69, 9.17) is 0 Å². The second kappa shape index (κ2) is 7.68. The molecule has 25 heavy (non-hydrogen) atoms. The summed E-state index contributed by atoms with van der Waals surface area (Å²) in [6, 6.07) is 0. The zero-order valence-corrected chi connectivity index (χ0v) is 14.9. The average Bonchev–Trinajstić information content (AvgIpc) is 3.35. The van der Waals surface area contributed by atoms with Crippen molar-refractivity contribution in [3.8, 4) is 0 Å². The number of aromatic nitrogens is 2. The zero-order chi connectivity index (χ0) is 17.1. The summed E-state index contributed by atoms with van der Waals surface area (Å²) in [4.78, 5) is 22.6. The fourth-order valence-electron chi connectivity index (χ4n) is 4.21. The molecule has 1 aromatic rings. The topological polar surface area (TPSA) is 70.1 Å². The Balaban J connectivity index is 1.16. The van der Waals surface area contributed by atoms with E-state index in [2.05, 4.69) is 20.6 Å². The van der Waals surface area contributed by atoms with Crippen LogP contribution in [0.1, 0.15) is 37.7 Å². The Morgan fingerprint density at radius 2 is 2.00 bits per heavy atom. The number of hydrogen-bond acceptors (Lipinski definition) is 5. The van der Waals surface area contributed by atoms with Crippen LogP contribution in [0.25, 0.3) is 0 Å². The lowest BCUT2D eigenvalue weighted by molar-refractivity contribution is -0.133. The van der Waals surface area contributed by atoms with Crippen molar-refractivity contribution in [2.75, 3.05) is 38.0 Å². The summed E-state index contributed by atoms with van der Waals surface area (Å²) in [6.07, 6.45) is 10.4. The van der Waals surface area contributed by atoms with Gasteiger partial charge in [-0.25, -0.2) is 9.97 Å². The van der Waals surface area contributed by atoms with Gasteiger partial charge < -0.3 is 15.5 Å². The van der Waals surface area contributed by atoms with E-state index in [1.807, 2.05) is 4.90 Å². The van der Waals surface area contributed by atoms with Gasteiger partial charge in [0.05, 0.1) is 6.42 Å². The lowest BCUT2D eigenvalue weighted by Gasteiger charge is -2.30. The molecule has 6 nitrogen and oxygen atoms in total. The summed E-state index contributed by atoms with van der Waals surface area (Å²) < 4.78 is 0. The number of nitrogens with zero attached hydrogens (tertiary/aromatic N) is 3. The highest BCUT2D eigenvalue weighted by molar-refractivity contribution is 5.79. The van der Waals surface area contributed by atoms with E-state index in [1.165, 1.54) is 38.8 Å². The maximum Gasteiger partial charge on any atom is 0.227 e. The van der Waals surface area contributed by atoms with Gasteiger partial charge in [0, 0.05) is 32.0 Å². The molecule has 3 heterocycles. The van der Waals surface area contributed by atoms with Gasteiger partial charge in [0.2, 0.25) is 11.9 Å². The second-order valence-electron chi connectivity index (χ2n) is 7.79. The SMILES string of the molecule is O=C(Cc1cnc(NCC[C@@H]2C[C@@H]2C2CCNCC2)nc1)N1CCC1. The predicted octanol–water partition coefficient (Wildman–Crippen LogP) is 1.69. The third kappa shape index (κ3) is 4.29. The van der Waals surface area contributed by atoms with Crippen molar-refractivity contribution >= 4 is 11.9 Å². The van der Waals surface area contributed by atoms with E-state index in [1.54, 1.807) is 12.4 Å². The molecule has 2 atom stereocenters. The van der Waals surface area contributed by atoms with Crippen LogP contribution in [0.4, 0.5) is 5.95 Å². The van der Waals surface area contributed by atoms with Crippen LogP contribution >= 0.6 is 0 Å². The first-order valence-corrected chi connectivity index (χ1v) is 9.83. The molecular weight excluding hydrogens is 314 g/mol. The zero-order valence-electron chi connectivity index (χ0n) is 14.9. The van der Waals surface area contributed by atoms with Crippen molar-refractivity contribution in [2.45, 2.75) is 38.5 Å². The van der Waals surface area contributed by atoms with Crippen LogP contribution in [0.2, 0.25) is 0 Å². The first-order chi connectivity index (χ1) is 12.3. The Morgan fingerprint density at radius 3 is 2.68 bits per heavy atom. The molecular formula is C19H29N5O. The summed E-state index contributed by atoms with van der Waals surface area (Å²) >= 11 is 0. The van der Waals surface area contributed by atoms with E-state index in [0.717, 1.165) is 49.4 Å². The van der Waals surface area contributed by atoms with Crippen molar-refractivity contribution in [1.82, 2.24) is 20.2 Å². The van der Waals surface area contributed by atoms with E-state index in [9.17, 15) is 4.79 Å². The molecule has 1 amide bonds. The molecule has 0 aromatic carbocycles. The number of hydrogen-bond donors (Lipinski definition) is 2. The molecule has 2 aliphatic heterocycles. The van der Waals surface area contributed by atoms with Gasteiger partial charge in [0.1, 0.15) is 0 Å². The lowest BCUT2D eigenvalue weighted by atomic mass is 9.91. The van der Waals surface area contributed by atoms with E-state index in [-0.39, 0.29) is 5.91 Å². The van der Waals surface area contributed by atoms with E-state index >= 15 is 0 Å². The number of carbonyl (C=O) groups is 1. The first-order valence-electron chi connectivity index (χ1n) is 9.83. The molecule has 2 saturated heterocycles. The number of piperidine rings is 1. The van der Waals surface area contributed by atoms with Crippen LogP contribution in [0.5, 0.6) is 0 Å². The number of likely N-dealkylation sites (tertiary alicyclic amines) is 1. The van der Waals surface area contributed by atoms with Crippen molar-refractivity contribution in [3.05, 3.63) is 18.0 Å². The highest BCUT2D eigenvalue weighted by atomic mass is 16.2. The number of nitrogens with one attached hydrogen (secondary N) is 2. The minimum absolute atomic E-state index is 0.188. The van der Waals surface area contributed by atoms with Crippen molar-refractivity contribution < 1.29 is 4.79 Å². The summed E-state index contributed by atoms with van der Waals surface area (Å²) in [5.41, 5.74) is 0.899. The third-order valence-electron chi connectivity index (χ3n) is 6.03. The van der Waals surface area contributed by atoms with Gasteiger partial charge in [-0.05, 0) is 68.5 Å². The van der Waals surface area contributed by atoms with Crippen LogP contribution in [0.3, 0.4) is 0 Å². The van der Waals surface area contributed by atoms with Crippen LogP contribution in [0, 0.1) is 17.8 Å². The molecule has 136 valence electrons. The Morgan fingerprint density at radius 1 is 1.24 bits per heavy atom. The molecule has 0 radical (unpaired) electrons. The minimum atomic E-state index is 0.188. The Hall–Kier alpha value is -1.69. The Bertz CT molecular complexity index is 580. The highest BCUT2D eigenvalue weighted by Gasteiger charge is 2.42. The lowest BCUT2D eigenvalue weighted by Crippen LogP contribution is -2.42.